The minimum Gasteiger partial charge on any atom is -0.493 e. The van der Waals surface area contributed by atoms with Crippen LogP contribution < -0.4 is 23.7 Å². The van der Waals surface area contributed by atoms with Crippen LogP contribution in [-0.2, 0) is 13.0 Å². The standard InChI is InChI=1S/C28H29NO5/c1-5-33-24-12-11-22-21(13-20-14-25(30-2)28(32-4)26(15-20)31-3)16-29-17-23(22)27(24)34-18-19-9-7-6-8-10-19/h6-12,14-17H,5,13,18H2,1-4H3. The molecule has 0 aliphatic rings. The number of pyridine rings is 1. The summed E-state index contributed by atoms with van der Waals surface area (Å²) in [5, 5.41) is 1.96. The van der Waals surface area contributed by atoms with Crippen molar-refractivity contribution in [3.8, 4) is 28.7 Å². The first-order chi connectivity index (χ1) is 16.7. The molecule has 6 nitrogen and oxygen atoms in total. The van der Waals surface area contributed by atoms with Crippen molar-refractivity contribution in [3.05, 3.63) is 83.7 Å². The number of aromatic nitrogens is 1. The minimum atomic E-state index is 0.442. The van der Waals surface area contributed by atoms with E-state index in [1.165, 1.54) is 0 Å². The van der Waals surface area contributed by atoms with Crippen LogP contribution in [0.4, 0.5) is 0 Å². The average Bonchev–Trinajstić information content (AvgIpc) is 2.88. The van der Waals surface area contributed by atoms with E-state index in [9.17, 15) is 0 Å². The largest absolute Gasteiger partial charge is 0.493 e. The lowest BCUT2D eigenvalue weighted by Gasteiger charge is -2.17. The van der Waals surface area contributed by atoms with Crippen LogP contribution >= 0.6 is 0 Å². The van der Waals surface area contributed by atoms with Crippen molar-refractivity contribution >= 4 is 10.8 Å². The van der Waals surface area contributed by atoms with E-state index < -0.39 is 0 Å². The summed E-state index contributed by atoms with van der Waals surface area (Å²) in [7, 11) is 4.83. The van der Waals surface area contributed by atoms with Crippen LogP contribution in [0.15, 0.2) is 67.0 Å². The van der Waals surface area contributed by atoms with E-state index in [4.69, 9.17) is 23.7 Å². The van der Waals surface area contributed by atoms with Crippen molar-refractivity contribution in [2.24, 2.45) is 0 Å². The van der Waals surface area contributed by atoms with Gasteiger partial charge < -0.3 is 23.7 Å². The third-order valence-electron chi connectivity index (χ3n) is 5.58. The maximum absolute atomic E-state index is 6.28. The Morgan fingerprint density at radius 3 is 2.06 bits per heavy atom. The SMILES string of the molecule is CCOc1ccc2c(Cc3cc(OC)c(OC)c(OC)c3)cncc2c1OCc1ccccc1. The molecule has 0 saturated heterocycles. The monoisotopic (exact) mass is 459 g/mol. The fraction of sp³-hybridized carbons (Fsp3) is 0.250. The van der Waals surface area contributed by atoms with Crippen molar-refractivity contribution in [2.75, 3.05) is 27.9 Å². The number of nitrogens with zero attached hydrogens (tertiary/aromatic N) is 1. The van der Waals surface area contributed by atoms with Crippen molar-refractivity contribution in [2.45, 2.75) is 20.0 Å². The molecule has 1 aromatic heterocycles. The van der Waals surface area contributed by atoms with Crippen LogP contribution in [0.1, 0.15) is 23.6 Å². The van der Waals surface area contributed by atoms with E-state index >= 15 is 0 Å². The summed E-state index contributed by atoms with van der Waals surface area (Å²) < 4.78 is 28.7. The highest BCUT2D eigenvalue weighted by Gasteiger charge is 2.17. The molecule has 0 amide bonds. The zero-order valence-corrected chi connectivity index (χ0v) is 20.0. The Morgan fingerprint density at radius 2 is 1.41 bits per heavy atom. The maximum atomic E-state index is 6.28. The van der Waals surface area contributed by atoms with E-state index in [-0.39, 0.29) is 0 Å². The molecule has 0 atom stereocenters. The predicted octanol–water partition coefficient (Wildman–Crippen LogP) is 5.83. The van der Waals surface area contributed by atoms with Gasteiger partial charge in [0.2, 0.25) is 5.75 Å². The van der Waals surface area contributed by atoms with Crippen LogP contribution in [0.5, 0.6) is 28.7 Å². The van der Waals surface area contributed by atoms with E-state index in [0.717, 1.165) is 27.5 Å². The Morgan fingerprint density at radius 1 is 0.676 bits per heavy atom. The predicted molar refractivity (Wildman–Crippen MR) is 133 cm³/mol. The summed E-state index contributed by atoms with van der Waals surface area (Å²) >= 11 is 0. The Labute approximate surface area is 200 Å². The molecule has 0 N–H and O–H groups in total. The molecular weight excluding hydrogens is 430 g/mol. The van der Waals surface area contributed by atoms with Gasteiger partial charge in [-0.15, -0.1) is 0 Å². The third kappa shape index (κ3) is 4.86. The maximum Gasteiger partial charge on any atom is 0.203 e. The summed E-state index contributed by atoms with van der Waals surface area (Å²) in [5.74, 6) is 3.22. The summed E-state index contributed by atoms with van der Waals surface area (Å²) in [4.78, 5) is 4.52. The number of fused-ring (bicyclic) bond motifs is 1. The molecule has 0 aliphatic heterocycles. The van der Waals surface area contributed by atoms with Crippen LogP contribution in [-0.4, -0.2) is 32.9 Å². The molecule has 0 radical (unpaired) electrons. The van der Waals surface area contributed by atoms with Crippen LogP contribution in [0.25, 0.3) is 10.8 Å². The molecule has 1 heterocycles. The molecule has 0 spiro atoms. The number of rotatable bonds is 10. The Balaban J connectivity index is 1.74. The summed E-state index contributed by atoms with van der Waals surface area (Å²) in [6, 6.07) is 18.0. The molecule has 0 fully saturated rings. The van der Waals surface area contributed by atoms with E-state index in [1.54, 1.807) is 21.3 Å². The minimum absolute atomic E-state index is 0.442. The first kappa shape index (κ1) is 23.2. The Kier molecular flexibility index (Phi) is 7.38. The smallest absolute Gasteiger partial charge is 0.203 e. The normalized spacial score (nSPS) is 10.7. The van der Waals surface area contributed by atoms with Crippen molar-refractivity contribution < 1.29 is 23.7 Å². The van der Waals surface area contributed by atoms with Gasteiger partial charge in [-0.3, -0.25) is 4.98 Å². The van der Waals surface area contributed by atoms with Gasteiger partial charge in [0.15, 0.2) is 23.0 Å². The number of hydrogen-bond donors (Lipinski definition) is 0. The zero-order valence-electron chi connectivity index (χ0n) is 20.0. The first-order valence-electron chi connectivity index (χ1n) is 11.2. The van der Waals surface area contributed by atoms with Gasteiger partial charge in [-0.25, -0.2) is 0 Å². The fourth-order valence-corrected chi connectivity index (χ4v) is 4.01. The van der Waals surface area contributed by atoms with Crippen LogP contribution in [0, 0.1) is 0 Å². The van der Waals surface area contributed by atoms with Gasteiger partial charge in [-0.05, 0) is 53.6 Å². The fourth-order valence-electron chi connectivity index (χ4n) is 4.01. The molecule has 176 valence electrons. The molecular formula is C28H29NO5. The molecule has 4 aromatic rings. The molecule has 3 aromatic carbocycles. The number of benzene rings is 3. The van der Waals surface area contributed by atoms with Gasteiger partial charge >= 0.3 is 0 Å². The molecule has 0 saturated carbocycles. The van der Waals surface area contributed by atoms with Gasteiger partial charge in [0.1, 0.15) is 6.61 Å². The topological polar surface area (TPSA) is 59.0 Å². The molecule has 0 aliphatic carbocycles. The highest BCUT2D eigenvalue weighted by Crippen LogP contribution is 2.40. The molecule has 6 heteroatoms. The second-order valence-corrected chi connectivity index (χ2v) is 7.70. The van der Waals surface area contributed by atoms with Crippen molar-refractivity contribution in [3.63, 3.8) is 0 Å². The lowest BCUT2D eigenvalue weighted by molar-refractivity contribution is 0.272. The third-order valence-corrected chi connectivity index (χ3v) is 5.58. The molecule has 34 heavy (non-hydrogen) atoms. The second kappa shape index (κ2) is 10.8. The van der Waals surface area contributed by atoms with E-state index in [2.05, 4.69) is 11.1 Å². The first-order valence-corrected chi connectivity index (χ1v) is 11.2. The van der Waals surface area contributed by atoms with Crippen LogP contribution in [0.3, 0.4) is 0 Å². The highest BCUT2D eigenvalue weighted by molar-refractivity contribution is 5.92. The zero-order chi connectivity index (χ0) is 23.9. The summed E-state index contributed by atoms with van der Waals surface area (Å²) in [5.41, 5.74) is 3.16. The van der Waals surface area contributed by atoms with E-state index in [0.29, 0.717) is 48.4 Å². The molecule has 0 bridgehead atoms. The molecule has 0 unspecified atom stereocenters. The second-order valence-electron chi connectivity index (χ2n) is 7.70. The lowest BCUT2D eigenvalue weighted by atomic mass is 9.99. The Hall–Kier alpha value is -3.93. The van der Waals surface area contributed by atoms with Gasteiger partial charge in [0.25, 0.3) is 0 Å². The summed E-state index contributed by atoms with van der Waals surface area (Å²) in [6.07, 6.45) is 4.34. The summed E-state index contributed by atoms with van der Waals surface area (Å²) in [6.45, 7) is 2.95. The Bertz CT molecular complexity index is 1230. The van der Waals surface area contributed by atoms with Gasteiger partial charge in [0.05, 0.1) is 27.9 Å². The van der Waals surface area contributed by atoms with Crippen LogP contribution in [0.2, 0.25) is 0 Å². The van der Waals surface area contributed by atoms with Crippen molar-refractivity contribution in [1.29, 1.82) is 0 Å². The van der Waals surface area contributed by atoms with Crippen molar-refractivity contribution in [1.82, 2.24) is 4.98 Å². The van der Waals surface area contributed by atoms with Gasteiger partial charge in [-0.1, -0.05) is 36.4 Å². The quantitative estimate of drug-likeness (QED) is 0.297. The van der Waals surface area contributed by atoms with Gasteiger partial charge in [-0.2, -0.15) is 0 Å². The molecule has 4 rings (SSSR count). The van der Waals surface area contributed by atoms with E-state index in [1.807, 2.05) is 67.8 Å². The average molecular weight is 460 g/mol. The number of ether oxygens (including phenoxy) is 5. The van der Waals surface area contributed by atoms with Gasteiger partial charge in [0, 0.05) is 17.8 Å². The highest BCUT2D eigenvalue weighted by atomic mass is 16.5. The number of methoxy groups -OCH3 is 3. The lowest BCUT2D eigenvalue weighted by Crippen LogP contribution is -2.02. The number of hydrogen-bond acceptors (Lipinski definition) is 6.